The summed E-state index contributed by atoms with van der Waals surface area (Å²) < 4.78 is 7.90. The first-order valence-corrected chi connectivity index (χ1v) is 10.6. The molecule has 1 aliphatic rings. The van der Waals surface area contributed by atoms with Gasteiger partial charge in [0.2, 0.25) is 0 Å². The van der Waals surface area contributed by atoms with E-state index in [1.165, 1.54) is 18.4 Å². The lowest BCUT2D eigenvalue weighted by Crippen LogP contribution is -2.37. The number of rotatable bonds is 9. The van der Waals surface area contributed by atoms with Crippen molar-refractivity contribution in [1.82, 2.24) is 20.4 Å². The third-order valence-corrected chi connectivity index (χ3v) is 5.18. The normalized spacial score (nSPS) is 13.4. The number of nitrogens with one attached hydrogen (secondary N) is 2. The Bertz CT molecular complexity index is 969. The molecule has 1 aromatic heterocycles. The van der Waals surface area contributed by atoms with Crippen LogP contribution >= 0.6 is 24.0 Å². The molecule has 164 valence electrons. The Morgan fingerprint density at radius 2 is 1.87 bits per heavy atom. The van der Waals surface area contributed by atoms with Crippen molar-refractivity contribution < 1.29 is 4.74 Å². The zero-order valence-electron chi connectivity index (χ0n) is 17.8. The number of para-hydroxylation sites is 2. The molecule has 2 N–H and O–H groups in total. The summed E-state index contributed by atoms with van der Waals surface area (Å²) >= 11 is 0. The molecular weight excluding hydrogens is 501 g/mol. The number of halogens is 1. The monoisotopic (exact) mass is 531 g/mol. The topological polar surface area (TPSA) is 63.5 Å². The Morgan fingerprint density at radius 3 is 2.65 bits per heavy atom. The zero-order valence-corrected chi connectivity index (χ0v) is 20.2. The van der Waals surface area contributed by atoms with Gasteiger partial charge in [0.15, 0.2) is 5.96 Å². The largest absolute Gasteiger partial charge is 0.493 e. The maximum Gasteiger partial charge on any atom is 0.191 e. The van der Waals surface area contributed by atoms with Crippen LogP contribution in [0, 0.1) is 5.92 Å². The molecule has 0 unspecified atom stereocenters. The van der Waals surface area contributed by atoms with E-state index < -0.39 is 0 Å². The van der Waals surface area contributed by atoms with Gasteiger partial charge in [0.05, 0.1) is 18.5 Å². The maximum atomic E-state index is 6.00. The summed E-state index contributed by atoms with van der Waals surface area (Å²) in [6, 6.07) is 18.3. The summed E-state index contributed by atoms with van der Waals surface area (Å²) in [6.07, 6.45) is 7.44. The smallest absolute Gasteiger partial charge is 0.191 e. The van der Waals surface area contributed by atoms with E-state index in [4.69, 9.17) is 4.74 Å². The van der Waals surface area contributed by atoms with E-state index in [0.29, 0.717) is 6.54 Å². The van der Waals surface area contributed by atoms with Crippen LogP contribution in [0.15, 0.2) is 72.0 Å². The molecule has 0 spiro atoms. The van der Waals surface area contributed by atoms with Crippen molar-refractivity contribution in [2.75, 3.05) is 20.2 Å². The molecule has 31 heavy (non-hydrogen) atoms. The minimum atomic E-state index is 0. The van der Waals surface area contributed by atoms with Gasteiger partial charge in [-0.1, -0.05) is 36.4 Å². The van der Waals surface area contributed by atoms with Crippen LogP contribution in [0.5, 0.6) is 5.75 Å². The van der Waals surface area contributed by atoms with E-state index >= 15 is 0 Å². The van der Waals surface area contributed by atoms with Crippen molar-refractivity contribution in [2.45, 2.75) is 25.8 Å². The van der Waals surface area contributed by atoms with Gasteiger partial charge in [0.25, 0.3) is 0 Å². The lowest BCUT2D eigenvalue weighted by atomic mass is 10.2. The van der Waals surface area contributed by atoms with E-state index in [-0.39, 0.29) is 24.0 Å². The third-order valence-electron chi connectivity index (χ3n) is 5.18. The number of hydrogen-bond acceptors (Lipinski definition) is 3. The van der Waals surface area contributed by atoms with Gasteiger partial charge in [-0.2, -0.15) is 5.10 Å². The molecule has 0 radical (unpaired) electrons. The summed E-state index contributed by atoms with van der Waals surface area (Å²) in [4.78, 5) is 4.33. The van der Waals surface area contributed by atoms with Crippen LogP contribution in [-0.2, 0) is 13.0 Å². The molecule has 0 bridgehead atoms. The first kappa shape index (κ1) is 23.1. The maximum absolute atomic E-state index is 6.00. The van der Waals surface area contributed by atoms with Gasteiger partial charge in [-0.3, -0.25) is 4.99 Å². The fourth-order valence-corrected chi connectivity index (χ4v) is 3.22. The van der Waals surface area contributed by atoms with Crippen molar-refractivity contribution in [2.24, 2.45) is 10.9 Å². The molecule has 0 amide bonds. The summed E-state index contributed by atoms with van der Waals surface area (Å²) in [7, 11) is 1.79. The predicted molar refractivity (Wildman–Crippen MR) is 136 cm³/mol. The van der Waals surface area contributed by atoms with Crippen LogP contribution in [-0.4, -0.2) is 35.9 Å². The van der Waals surface area contributed by atoms with Crippen molar-refractivity contribution >= 4 is 29.9 Å². The number of nitrogens with zero attached hydrogens (tertiary/aromatic N) is 3. The number of benzene rings is 2. The quantitative estimate of drug-likeness (QED) is 0.247. The number of hydrogen-bond donors (Lipinski definition) is 2. The fourth-order valence-electron chi connectivity index (χ4n) is 3.22. The van der Waals surface area contributed by atoms with E-state index in [9.17, 15) is 0 Å². The van der Waals surface area contributed by atoms with Gasteiger partial charge in [-0.05, 0) is 48.9 Å². The lowest BCUT2D eigenvalue weighted by molar-refractivity contribution is 0.296. The molecule has 1 aliphatic carbocycles. The SMILES string of the molecule is CN=C(NCCc1cnn(-c2ccccc2)c1)NCc1ccccc1OCC1CC1.I. The van der Waals surface area contributed by atoms with Crippen LogP contribution in [0.1, 0.15) is 24.0 Å². The average molecular weight is 531 g/mol. The highest BCUT2D eigenvalue weighted by Crippen LogP contribution is 2.30. The molecule has 0 aliphatic heterocycles. The van der Waals surface area contributed by atoms with Gasteiger partial charge >= 0.3 is 0 Å². The van der Waals surface area contributed by atoms with Gasteiger partial charge < -0.3 is 15.4 Å². The summed E-state index contributed by atoms with van der Waals surface area (Å²) in [5.41, 5.74) is 3.39. The molecule has 1 fully saturated rings. The minimum Gasteiger partial charge on any atom is -0.493 e. The predicted octanol–water partition coefficient (Wildman–Crippen LogP) is 4.19. The number of guanidine groups is 1. The highest BCUT2D eigenvalue weighted by atomic mass is 127. The van der Waals surface area contributed by atoms with E-state index in [2.05, 4.69) is 33.0 Å². The van der Waals surface area contributed by atoms with Crippen molar-refractivity contribution in [1.29, 1.82) is 0 Å². The van der Waals surface area contributed by atoms with Crippen LogP contribution in [0.4, 0.5) is 0 Å². The molecule has 7 heteroatoms. The highest BCUT2D eigenvalue weighted by Gasteiger charge is 2.22. The van der Waals surface area contributed by atoms with Crippen LogP contribution in [0.3, 0.4) is 0 Å². The van der Waals surface area contributed by atoms with E-state index in [1.54, 1.807) is 7.05 Å². The molecule has 4 rings (SSSR count). The van der Waals surface area contributed by atoms with Crippen LogP contribution in [0.25, 0.3) is 5.69 Å². The first-order chi connectivity index (χ1) is 14.8. The first-order valence-electron chi connectivity index (χ1n) is 10.6. The van der Waals surface area contributed by atoms with Gasteiger partial charge in [-0.15, -0.1) is 24.0 Å². The second kappa shape index (κ2) is 11.7. The summed E-state index contributed by atoms with van der Waals surface area (Å²) in [6.45, 7) is 2.27. The Kier molecular flexibility index (Phi) is 8.75. The molecular formula is C24H30IN5O. The second-order valence-electron chi connectivity index (χ2n) is 7.59. The van der Waals surface area contributed by atoms with Crippen LogP contribution in [0.2, 0.25) is 0 Å². The second-order valence-corrected chi connectivity index (χ2v) is 7.59. The van der Waals surface area contributed by atoms with Gasteiger partial charge in [0, 0.05) is 31.9 Å². The fraction of sp³-hybridized carbons (Fsp3) is 0.333. The van der Waals surface area contributed by atoms with Crippen molar-refractivity contribution in [3.63, 3.8) is 0 Å². The molecule has 2 aromatic carbocycles. The molecule has 6 nitrogen and oxygen atoms in total. The van der Waals surface area contributed by atoms with Crippen LogP contribution < -0.4 is 15.4 Å². The van der Waals surface area contributed by atoms with Gasteiger partial charge in [0.1, 0.15) is 5.75 Å². The lowest BCUT2D eigenvalue weighted by Gasteiger charge is -2.14. The Morgan fingerprint density at radius 1 is 1.10 bits per heavy atom. The molecule has 3 aromatic rings. The average Bonchev–Trinajstić information content (AvgIpc) is 3.51. The molecule has 1 saturated carbocycles. The summed E-state index contributed by atoms with van der Waals surface area (Å²) in [5, 5.41) is 11.2. The zero-order chi connectivity index (χ0) is 20.6. The highest BCUT2D eigenvalue weighted by molar-refractivity contribution is 14.0. The van der Waals surface area contributed by atoms with Gasteiger partial charge in [-0.25, -0.2) is 4.68 Å². The Balaban J connectivity index is 0.00000272. The third kappa shape index (κ3) is 6.99. The molecule has 0 saturated heterocycles. The Hall–Kier alpha value is -2.55. The van der Waals surface area contributed by atoms with E-state index in [0.717, 1.165) is 48.5 Å². The summed E-state index contributed by atoms with van der Waals surface area (Å²) in [5.74, 6) is 2.48. The Labute approximate surface area is 201 Å². The van der Waals surface area contributed by atoms with E-state index in [1.807, 2.05) is 59.4 Å². The molecule has 1 heterocycles. The van der Waals surface area contributed by atoms with Crippen molar-refractivity contribution in [3.05, 3.63) is 78.1 Å². The standard InChI is InChI=1S/C24H29N5O.HI/c1-25-24(27-16-21-7-5-6-10-23(21)30-18-19-11-12-19)26-14-13-20-15-28-29(17-20)22-8-3-2-4-9-22;/h2-10,15,17,19H,11-14,16,18H2,1H3,(H2,25,26,27);1H. The number of aromatic nitrogens is 2. The molecule has 0 atom stereocenters. The minimum absolute atomic E-state index is 0. The number of aliphatic imine (C=N–C) groups is 1. The number of ether oxygens (including phenoxy) is 1. The van der Waals surface area contributed by atoms with Crippen molar-refractivity contribution in [3.8, 4) is 11.4 Å².